The van der Waals surface area contributed by atoms with Crippen LogP contribution in [-0.4, -0.2) is 82.9 Å². The summed E-state index contributed by atoms with van der Waals surface area (Å²) in [5.41, 5.74) is 9.86. The molecular weight excluding hydrogens is 442 g/mol. The molecule has 3 atom stereocenters. The minimum Gasteiger partial charge on any atom is -0.497 e. The molecule has 0 saturated carbocycles. The summed E-state index contributed by atoms with van der Waals surface area (Å²) in [4.78, 5) is 17.1. The number of fused-ring (bicyclic) bond motifs is 1. The fraction of sp³-hybridized carbons (Fsp3) is 0.522. The highest BCUT2D eigenvalue weighted by Crippen LogP contribution is 2.22. The Morgan fingerprint density at radius 1 is 1.26 bits per heavy atom. The number of aromatic amines is 1. The van der Waals surface area contributed by atoms with Crippen LogP contribution < -0.4 is 15.9 Å². The number of aromatic nitrogens is 1. The van der Waals surface area contributed by atoms with Gasteiger partial charge in [-0.05, 0) is 31.0 Å². The molecule has 1 aromatic carbocycles. The lowest BCUT2D eigenvalue weighted by atomic mass is 10.1. The van der Waals surface area contributed by atoms with Crippen molar-refractivity contribution < 1.29 is 30.0 Å². The van der Waals surface area contributed by atoms with Gasteiger partial charge in [-0.25, -0.2) is 4.79 Å². The molecule has 34 heavy (non-hydrogen) atoms. The maximum Gasteiger partial charge on any atom is 0.335 e. The van der Waals surface area contributed by atoms with Gasteiger partial charge in [-0.2, -0.15) is 5.10 Å². The second-order valence-corrected chi connectivity index (χ2v) is 7.15. The molecule has 0 radical (unpaired) electrons. The quantitative estimate of drug-likeness (QED) is 0.109. The third kappa shape index (κ3) is 11.6. The van der Waals surface area contributed by atoms with Crippen molar-refractivity contribution in [2.24, 2.45) is 15.8 Å². The Bertz CT molecular complexity index is 871. The van der Waals surface area contributed by atoms with Crippen LogP contribution in [0.3, 0.4) is 0 Å². The number of carbonyl (C=O) groups is 1. The normalized spacial score (nSPS) is 13.5. The summed E-state index contributed by atoms with van der Waals surface area (Å²) < 4.78 is 5.18. The van der Waals surface area contributed by atoms with Crippen molar-refractivity contribution >= 4 is 29.4 Å². The van der Waals surface area contributed by atoms with E-state index in [1.807, 2.05) is 24.4 Å². The molecule has 1 heterocycles. The van der Waals surface area contributed by atoms with E-state index in [4.69, 9.17) is 30.9 Å². The molecule has 0 fully saturated rings. The lowest BCUT2D eigenvalue weighted by Crippen LogP contribution is -2.41. The summed E-state index contributed by atoms with van der Waals surface area (Å²) in [5.74, 6) is -0.689. The minimum atomic E-state index is -1.91. The summed E-state index contributed by atoms with van der Waals surface area (Å²) in [6.07, 6.45) is 4.23. The van der Waals surface area contributed by atoms with Crippen LogP contribution in [0.5, 0.6) is 5.75 Å². The Hall–Kier alpha value is -3.15. The number of nitrogens with two attached hydrogens (primary N) is 1. The number of nitrogens with zero attached hydrogens (tertiary/aromatic N) is 2. The van der Waals surface area contributed by atoms with Crippen molar-refractivity contribution in [1.82, 2.24) is 10.4 Å². The van der Waals surface area contributed by atoms with E-state index in [0.717, 1.165) is 28.8 Å². The van der Waals surface area contributed by atoms with Gasteiger partial charge in [0, 0.05) is 36.3 Å². The van der Waals surface area contributed by atoms with Crippen molar-refractivity contribution in [2.45, 2.75) is 57.8 Å². The number of carboxylic acids is 1. The number of H-pyrrole nitrogens is 1. The number of ether oxygens (including phenoxy) is 1. The molecule has 11 nitrogen and oxygen atoms in total. The average molecular weight is 482 g/mol. The summed E-state index contributed by atoms with van der Waals surface area (Å²) in [5, 5.41) is 39.7. The molecule has 0 aliphatic carbocycles. The molecule has 0 spiro atoms. The average Bonchev–Trinajstić information content (AvgIpc) is 3.26. The Balaban J connectivity index is 0.000000510. The van der Waals surface area contributed by atoms with E-state index in [1.54, 1.807) is 27.3 Å². The van der Waals surface area contributed by atoms with Gasteiger partial charge in [0.05, 0.1) is 25.8 Å². The first-order valence-corrected chi connectivity index (χ1v) is 11.1. The maximum atomic E-state index is 10.0. The molecule has 192 valence electrons. The topological polar surface area (TPSA) is 186 Å². The van der Waals surface area contributed by atoms with Crippen LogP contribution in [0.2, 0.25) is 0 Å². The maximum absolute atomic E-state index is 10.0. The lowest BCUT2D eigenvalue weighted by molar-refractivity contribution is -0.158. The van der Waals surface area contributed by atoms with Gasteiger partial charge in [-0.15, -0.1) is 0 Å². The smallest absolute Gasteiger partial charge is 0.335 e. The largest absolute Gasteiger partial charge is 0.497 e. The van der Waals surface area contributed by atoms with E-state index in [9.17, 15) is 4.79 Å². The molecule has 0 saturated heterocycles. The number of carboxylic acid groups (broad SMARTS) is 1. The highest BCUT2D eigenvalue weighted by atomic mass is 16.5. The first-order valence-electron chi connectivity index (χ1n) is 11.1. The van der Waals surface area contributed by atoms with Crippen molar-refractivity contribution in [3.05, 3.63) is 30.0 Å². The standard InChI is InChI=1S/C11H13N3O.C6H14N2.C6H12O5/c1-12-14-7-8-6-13-11-4-3-9(15-2)5-10(8)11;1-2-3-4-5-8-6-7;1-2-3(7)4(8)5(9)6(10)11/h3-7,12-13H,1-2H3;6H,2-5H2,1H3,(H2,7,8);3-5,7-9H,2H2,1H3,(H,10,11)/b14-7+;;/t;;3-,4?,5?/m..1/s1. The number of hydrogen-bond acceptors (Lipinski definition) is 8. The number of aliphatic carboxylic acids is 1. The summed E-state index contributed by atoms with van der Waals surface area (Å²) in [6.45, 7) is 4.64. The third-order valence-corrected chi connectivity index (χ3v) is 4.64. The molecule has 8 N–H and O–H groups in total. The van der Waals surface area contributed by atoms with E-state index in [0.29, 0.717) is 0 Å². The van der Waals surface area contributed by atoms with Gasteiger partial charge in [0.1, 0.15) is 11.9 Å². The second kappa shape index (κ2) is 18.3. The molecule has 2 aromatic rings. The van der Waals surface area contributed by atoms with Crippen LogP contribution in [0.4, 0.5) is 0 Å². The number of unbranched alkanes of at least 4 members (excludes halogenated alkanes) is 2. The Kier molecular flexibility index (Phi) is 16.6. The van der Waals surface area contributed by atoms with Gasteiger partial charge in [-0.1, -0.05) is 26.7 Å². The van der Waals surface area contributed by atoms with Crippen molar-refractivity contribution in [3.63, 3.8) is 0 Å². The molecule has 0 aliphatic heterocycles. The number of rotatable bonds is 11. The van der Waals surface area contributed by atoms with Gasteiger partial charge in [-0.3, -0.25) is 4.99 Å². The number of aliphatic hydroxyl groups is 3. The number of aliphatic hydroxyl groups excluding tert-OH is 3. The van der Waals surface area contributed by atoms with Crippen LogP contribution in [0.15, 0.2) is 34.5 Å². The third-order valence-electron chi connectivity index (χ3n) is 4.64. The fourth-order valence-electron chi connectivity index (χ4n) is 2.61. The van der Waals surface area contributed by atoms with Gasteiger partial charge in [0.15, 0.2) is 6.10 Å². The lowest BCUT2D eigenvalue weighted by Gasteiger charge is -2.18. The highest BCUT2D eigenvalue weighted by molar-refractivity contribution is 5.99. The number of nitrogens with one attached hydrogen (secondary N) is 2. The summed E-state index contributed by atoms with van der Waals surface area (Å²) >= 11 is 0. The fourth-order valence-corrected chi connectivity index (χ4v) is 2.61. The van der Waals surface area contributed by atoms with Crippen LogP contribution in [0, 0.1) is 0 Å². The number of benzene rings is 1. The van der Waals surface area contributed by atoms with E-state index >= 15 is 0 Å². The van der Waals surface area contributed by atoms with Crippen LogP contribution >= 0.6 is 0 Å². The first kappa shape index (κ1) is 30.9. The molecule has 2 unspecified atom stereocenters. The van der Waals surface area contributed by atoms with E-state index in [1.165, 1.54) is 25.6 Å². The Morgan fingerprint density at radius 3 is 2.50 bits per heavy atom. The Morgan fingerprint density at radius 2 is 1.97 bits per heavy atom. The van der Waals surface area contributed by atoms with Crippen LogP contribution in [0.1, 0.15) is 45.1 Å². The number of methoxy groups -OCH3 is 1. The molecule has 2 rings (SSSR count). The molecule has 11 heteroatoms. The van der Waals surface area contributed by atoms with Crippen molar-refractivity contribution in [3.8, 4) is 5.75 Å². The van der Waals surface area contributed by atoms with Gasteiger partial charge in [0.2, 0.25) is 0 Å². The predicted molar refractivity (Wildman–Crippen MR) is 135 cm³/mol. The Labute approximate surface area is 200 Å². The zero-order chi connectivity index (χ0) is 25.9. The van der Waals surface area contributed by atoms with Crippen LogP contribution in [0.25, 0.3) is 10.9 Å². The van der Waals surface area contributed by atoms with Gasteiger partial charge in [0.25, 0.3) is 0 Å². The predicted octanol–water partition coefficient (Wildman–Crippen LogP) is 1.46. The molecule has 0 amide bonds. The first-order chi connectivity index (χ1) is 16.3. The van der Waals surface area contributed by atoms with Gasteiger partial charge < -0.3 is 41.3 Å². The zero-order valence-corrected chi connectivity index (χ0v) is 20.3. The molecule has 0 aliphatic rings. The monoisotopic (exact) mass is 481 g/mol. The SMILES string of the molecule is CCCCCN=CN.CC[C@@H](O)C(O)C(O)C(=O)O.CN/N=C/c1c[nH]c2ccc(OC)cc12. The summed E-state index contributed by atoms with van der Waals surface area (Å²) in [7, 11) is 3.43. The summed E-state index contributed by atoms with van der Waals surface area (Å²) in [6, 6.07) is 5.91. The van der Waals surface area contributed by atoms with E-state index in [-0.39, 0.29) is 6.42 Å². The number of hydrogen-bond donors (Lipinski definition) is 7. The molecular formula is C23H39N5O6. The second-order valence-electron chi connectivity index (χ2n) is 7.15. The number of aliphatic imine (C=N–C) groups is 1. The minimum absolute atomic E-state index is 0.200. The van der Waals surface area contributed by atoms with Crippen molar-refractivity contribution in [1.29, 1.82) is 0 Å². The molecule has 1 aromatic heterocycles. The van der Waals surface area contributed by atoms with Crippen LogP contribution in [-0.2, 0) is 4.79 Å². The van der Waals surface area contributed by atoms with E-state index in [2.05, 4.69) is 27.4 Å². The van der Waals surface area contributed by atoms with Gasteiger partial charge >= 0.3 is 5.97 Å². The highest BCUT2D eigenvalue weighted by Gasteiger charge is 2.28. The van der Waals surface area contributed by atoms with E-state index < -0.39 is 24.3 Å². The zero-order valence-electron chi connectivity index (χ0n) is 20.3. The van der Waals surface area contributed by atoms with Crippen molar-refractivity contribution in [2.75, 3.05) is 20.7 Å². The number of hydrazone groups is 1. The molecule has 0 bridgehead atoms.